The van der Waals surface area contributed by atoms with Crippen molar-refractivity contribution in [1.29, 1.82) is 0 Å². The molecule has 2 aromatic carbocycles. The van der Waals surface area contributed by atoms with Crippen molar-refractivity contribution in [3.05, 3.63) is 63.3 Å². The molecule has 10 heteroatoms. The number of aromatic nitrogens is 4. The number of halogens is 1. The van der Waals surface area contributed by atoms with Crippen LogP contribution in [0, 0.1) is 6.92 Å². The van der Waals surface area contributed by atoms with E-state index in [4.69, 9.17) is 9.47 Å². The highest BCUT2D eigenvalue weighted by atomic mass is 79.9. The average Bonchev–Trinajstić information content (AvgIpc) is 3.21. The van der Waals surface area contributed by atoms with Crippen LogP contribution >= 0.6 is 15.9 Å². The number of nitrogens with zero attached hydrogens (tertiary/aromatic N) is 4. The number of benzene rings is 2. The van der Waals surface area contributed by atoms with Gasteiger partial charge in [0.2, 0.25) is 5.95 Å². The summed E-state index contributed by atoms with van der Waals surface area (Å²) in [5.74, 6) is 1.27. The maximum absolute atomic E-state index is 13.4. The van der Waals surface area contributed by atoms with Crippen molar-refractivity contribution in [2.75, 3.05) is 24.9 Å². The molecule has 2 N–H and O–H groups in total. The van der Waals surface area contributed by atoms with Gasteiger partial charge in [0.25, 0.3) is 5.91 Å². The Balaban J connectivity index is 1.81. The molecular formula is C21H21BrN6O3. The average molecular weight is 485 g/mol. The number of tetrazole rings is 1. The molecule has 160 valence electrons. The Morgan fingerprint density at radius 2 is 1.90 bits per heavy atom. The minimum atomic E-state index is -0.576. The number of aryl methyl sites for hydroxylation is 1. The molecule has 31 heavy (non-hydrogen) atoms. The van der Waals surface area contributed by atoms with Gasteiger partial charge in [0, 0.05) is 11.4 Å². The third-order valence-corrected chi connectivity index (χ3v) is 5.63. The summed E-state index contributed by atoms with van der Waals surface area (Å²) in [5.41, 5.74) is 3.71. The highest BCUT2D eigenvalue weighted by Crippen LogP contribution is 2.42. The molecule has 0 saturated carbocycles. The maximum atomic E-state index is 13.4. The van der Waals surface area contributed by atoms with Gasteiger partial charge in [-0.1, -0.05) is 22.8 Å². The maximum Gasteiger partial charge on any atom is 0.255 e. The number of ether oxygens (including phenoxy) is 2. The Morgan fingerprint density at radius 3 is 2.58 bits per heavy atom. The van der Waals surface area contributed by atoms with E-state index >= 15 is 0 Å². The van der Waals surface area contributed by atoms with Crippen molar-refractivity contribution in [1.82, 2.24) is 20.2 Å². The van der Waals surface area contributed by atoms with Crippen LogP contribution in [-0.2, 0) is 4.79 Å². The van der Waals surface area contributed by atoms with Gasteiger partial charge < -0.3 is 20.1 Å². The second-order valence-corrected chi connectivity index (χ2v) is 7.93. The molecular weight excluding hydrogens is 464 g/mol. The summed E-state index contributed by atoms with van der Waals surface area (Å²) in [6.45, 7) is 3.82. The number of fused-ring (bicyclic) bond motifs is 1. The minimum absolute atomic E-state index is 0.258. The molecule has 1 unspecified atom stereocenters. The first-order valence-electron chi connectivity index (χ1n) is 9.48. The van der Waals surface area contributed by atoms with Gasteiger partial charge >= 0.3 is 0 Å². The predicted molar refractivity (Wildman–Crippen MR) is 119 cm³/mol. The van der Waals surface area contributed by atoms with Gasteiger partial charge in [0.15, 0.2) is 11.5 Å². The summed E-state index contributed by atoms with van der Waals surface area (Å²) in [4.78, 5) is 13.4. The lowest BCUT2D eigenvalue weighted by Gasteiger charge is -2.28. The second kappa shape index (κ2) is 8.38. The van der Waals surface area contributed by atoms with Gasteiger partial charge in [0.05, 0.1) is 24.3 Å². The highest BCUT2D eigenvalue weighted by Gasteiger charge is 2.35. The highest BCUT2D eigenvalue weighted by molar-refractivity contribution is 9.10. The van der Waals surface area contributed by atoms with Crippen LogP contribution in [0.5, 0.6) is 11.5 Å². The van der Waals surface area contributed by atoms with Gasteiger partial charge in [0.1, 0.15) is 6.04 Å². The number of anilines is 2. The third-order valence-electron chi connectivity index (χ3n) is 5.04. The molecule has 9 nitrogen and oxygen atoms in total. The summed E-state index contributed by atoms with van der Waals surface area (Å²) in [6, 6.07) is 10.7. The van der Waals surface area contributed by atoms with Crippen molar-refractivity contribution >= 4 is 33.5 Å². The summed E-state index contributed by atoms with van der Waals surface area (Å²) in [5, 5.41) is 18.0. The lowest BCUT2D eigenvalue weighted by atomic mass is 9.94. The second-order valence-electron chi connectivity index (χ2n) is 7.07. The van der Waals surface area contributed by atoms with E-state index in [1.807, 2.05) is 50.2 Å². The standard InChI is InChI=1S/C21H21BrN6O3/c1-11-5-7-14(8-6-11)24-20(29)17-12(2)23-21-25-26-27-28(21)18(17)13-9-15(22)19(31-4)16(10-13)30-3/h5-10,18H,1-4H3,(H,24,29)(H,23,25,27). The summed E-state index contributed by atoms with van der Waals surface area (Å²) >= 11 is 3.53. The SMILES string of the molecule is COc1cc(C2C(C(=O)Nc3ccc(C)cc3)=C(C)Nc3nnnn32)cc(Br)c1OC. The molecule has 0 fully saturated rings. The molecule has 1 aromatic heterocycles. The van der Waals surface area contributed by atoms with E-state index in [9.17, 15) is 4.79 Å². The fourth-order valence-corrected chi connectivity index (χ4v) is 4.17. The van der Waals surface area contributed by atoms with E-state index < -0.39 is 6.04 Å². The van der Waals surface area contributed by atoms with Crippen molar-refractivity contribution < 1.29 is 14.3 Å². The number of nitrogens with one attached hydrogen (secondary N) is 2. The molecule has 3 aromatic rings. The topological polar surface area (TPSA) is 103 Å². The molecule has 2 heterocycles. The Labute approximate surface area is 187 Å². The lowest BCUT2D eigenvalue weighted by Crippen LogP contribution is -2.31. The van der Waals surface area contributed by atoms with Crippen LogP contribution in [0.3, 0.4) is 0 Å². The normalized spacial score (nSPS) is 15.2. The first-order valence-corrected chi connectivity index (χ1v) is 10.3. The van der Waals surface area contributed by atoms with Crippen LogP contribution in [0.15, 0.2) is 52.1 Å². The number of hydrogen-bond donors (Lipinski definition) is 2. The first-order chi connectivity index (χ1) is 14.9. The molecule has 0 bridgehead atoms. The molecule has 0 radical (unpaired) electrons. The number of rotatable bonds is 5. The van der Waals surface area contributed by atoms with Crippen molar-refractivity contribution in [3.63, 3.8) is 0 Å². The predicted octanol–water partition coefficient (Wildman–Crippen LogP) is 3.69. The number of methoxy groups -OCH3 is 2. The molecule has 1 aliphatic heterocycles. The van der Waals surface area contributed by atoms with Gasteiger partial charge in [-0.05, 0) is 70.0 Å². The number of amides is 1. The Kier molecular flexibility index (Phi) is 5.64. The zero-order valence-corrected chi connectivity index (χ0v) is 19.0. The van der Waals surface area contributed by atoms with E-state index in [0.29, 0.717) is 38.9 Å². The number of carbonyl (C=O) groups excluding carboxylic acids is 1. The quantitative estimate of drug-likeness (QED) is 0.568. The molecule has 0 saturated heterocycles. The van der Waals surface area contributed by atoms with E-state index in [0.717, 1.165) is 11.1 Å². The first kappa shape index (κ1) is 20.9. The largest absolute Gasteiger partial charge is 0.493 e. The van der Waals surface area contributed by atoms with Gasteiger partial charge in [-0.3, -0.25) is 4.79 Å². The summed E-state index contributed by atoms with van der Waals surface area (Å²) in [6.07, 6.45) is 0. The number of carbonyl (C=O) groups is 1. The van der Waals surface area contributed by atoms with Crippen LogP contribution < -0.4 is 20.1 Å². The number of allylic oxidation sites excluding steroid dienone is 1. The van der Waals surface area contributed by atoms with Gasteiger partial charge in [-0.25, -0.2) is 0 Å². The molecule has 0 spiro atoms. The Hall–Kier alpha value is -3.40. The fourth-order valence-electron chi connectivity index (χ4n) is 3.55. The monoisotopic (exact) mass is 484 g/mol. The summed E-state index contributed by atoms with van der Waals surface area (Å²) < 4.78 is 13.2. The van der Waals surface area contributed by atoms with Crippen molar-refractivity contribution in [3.8, 4) is 11.5 Å². The fraction of sp³-hybridized carbons (Fsp3) is 0.238. The Bertz CT molecular complexity index is 1170. The number of hydrogen-bond acceptors (Lipinski definition) is 7. The molecule has 1 atom stereocenters. The smallest absolute Gasteiger partial charge is 0.255 e. The minimum Gasteiger partial charge on any atom is -0.493 e. The molecule has 4 rings (SSSR count). The molecule has 1 aliphatic rings. The van der Waals surface area contributed by atoms with Crippen LogP contribution in [0.2, 0.25) is 0 Å². The van der Waals surface area contributed by atoms with E-state index in [1.54, 1.807) is 18.9 Å². The third kappa shape index (κ3) is 3.86. The van der Waals surface area contributed by atoms with Gasteiger partial charge in [-0.15, -0.1) is 0 Å². The molecule has 0 aliphatic carbocycles. The van der Waals surface area contributed by atoms with E-state index in [2.05, 4.69) is 42.1 Å². The van der Waals surface area contributed by atoms with Crippen LogP contribution in [0.25, 0.3) is 0 Å². The zero-order chi connectivity index (χ0) is 22.1. The summed E-state index contributed by atoms with van der Waals surface area (Å²) in [7, 11) is 3.13. The van der Waals surface area contributed by atoms with Crippen molar-refractivity contribution in [2.24, 2.45) is 0 Å². The van der Waals surface area contributed by atoms with E-state index in [1.165, 1.54) is 0 Å². The van der Waals surface area contributed by atoms with E-state index in [-0.39, 0.29) is 5.91 Å². The van der Waals surface area contributed by atoms with Crippen LogP contribution in [-0.4, -0.2) is 40.3 Å². The Morgan fingerprint density at radius 1 is 1.16 bits per heavy atom. The molecule has 1 amide bonds. The van der Waals surface area contributed by atoms with Crippen LogP contribution in [0.1, 0.15) is 24.1 Å². The van der Waals surface area contributed by atoms with Crippen LogP contribution in [0.4, 0.5) is 11.6 Å². The van der Waals surface area contributed by atoms with Gasteiger partial charge in [-0.2, -0.15) is 4.68 Å². The lowest BCUT2D eigenvalue weighted by molar-refractivity contribution is -0.113. The zero-order valence-electron chi connectivity index (χ0n) is 17.4. The van der Waals surface area contributed by atoms with Crippen molar-refractivity contribution in [2.45, 2.75) is 19.9 Å².